The zero-order valence-electron chi connectivity index (χ0n) is 16.9. The summed E-state index contributed by atoms with van der Waals surface area (Å²) in [6.45, 7) is 2.53. The Labute approximate surface area is 177 Å². The SMILES string of the molecule is CC(=O)O[C@@H]1O[C@@H]2CO[C@@H](c3ccc4ccccc4c3)O[C@H]2[C@H](OC(C)=O)[C@H]1N=[N+]=[N-]. The molecule has 31 heavy (non-hydrogen) atoms. The van der Waals surface area contributed by atoms with Crippen LogP contribution in [-0.2, 0) is 33.3 Å². The number of hydrogen-bond acceptors (Lipinski definition) is 8. The minimum Gasteiger partial charge on any atom is -0.459 e. The molecular weight excluding hydrogens is 406 g/mol. The summed E-state index contributed by atoms with van der Waals surface area (Å²) in [5.74, 6) is -1.22. The molecule has 4 rings (SSSR count). The molecule has 2 saturated heterocycles. The van der Waals surface area contributed by atoms with Gasteiger partial charge in [0.05, 0.1) is 6.61 Å². The Morgan fingerprint density at radius 2 is 1.81 bits per heavy atom. The number of carbonyl (C=O) groups is 2. The highest BCUT2D eigenvalue weighted by Crippen LogP contribution is 2.37. The molecule has 10 nitrogen and oxygen atoms in total. The van der Waals surface area contributed by atoms with Crippen LogP contribution in [0.5, 0.6) is 0 Å². The van der Waals surface area contributed by atoms with Crippen LogP contribution < -0.4 is 0 Å². The third kappa shape index (κ3) is 4.47. The molecule has 0 aromatic heterocycles. The summed E-state index contributed by atoms with van der Waals surface area (Å²) in [5, 5.41) is 5.76. The molecule has 2 fully saturated rings. The maximum absolute atomic E-state index is 11.8. The molecule has 10 heteroatoms. The van der Waals surface area contributed by atoms with Crippen molar-refractivity contribution in [2.75, 3.05) is 6.61 Å². The highest BCUT2D eigenvalue weighted by Gasteiger charge is 2.52. The van der Waals surface area contributed by atoms with Crippen LogP contribution in [0.4, 0.5) is 0 Å². The van der Waals surface area contributed by atoms with Crippen LogP contribution in [0.3, 0.4) is 0 Å². The lowest BCUT2D eigenvalue weighted by molar-refractivity contribution is -0.337. The Balaban J connectivity index is 1.63. The van der Waals surface area contributed by atoms with Gasteiger partial charge in [-0.2, -0.15) is 0 Å². The van der Waals surface area contributed by atoms with Crippen molar-refractivity contribution in [2.24, 2.45) is 5.11 Å². The van der Waals surface area contributed by atoms with Crippen LogP contribution in [0.2, 0.25) is 0 Å². The van der Waals surface area contributed by atoms with Crippen molar-refractivity contribution in [1.29, 1.82) is 0 Å². The highest BCUT2D eigenvalue weighted by molar-refractivity contribution is 5.83. The Hall–Kier alpha value is -3.17. The molecular formula is C21H21N3O7. The summed E-state index contributed by atoms with van der Waals surface area (Å²) in [5.41, 5.74) is 9.78. The zero-order chi connectivity index (χ0) is 22.0. The number of ether oxygens (including phenoxy) is 5. The third-order valence-electron chi connectivity index (χ3n) is 5.12. The minimum absolute atomic E-state index is 0.0979. The monoisotopic (exact) mass is 427 g/mol. The summed E-state index contributed by atoms with van der Waals surface area (Å²) >= 11 is 0. The van der Waals surface area contributed by atoms with E-state index in [2.05, 4.69) is 10.0 Å². The predicted octanol–water partition coefficient (Wildman–Crippen LogP) is 3.15. The van der Waals surface area contributed by atoms with Gasteiger partial charge in [0, 0.05) is 24.3 Å². The number of fused-ring (bicyclic) bond motifs is 2. The van der Waals surface area contributed by atoms with Crippen LogP contribution in [-0.4, -0.2) is 49.2 Å². The summed E-state index contributed by atoms with van der Waals surface area (Å²) in [6, 6.07) is 12.6. The molecule has 6 atom stereocenters. The fraction of sp³-hybridized carbons (Fsp3) is 0.429. The molecule has 0 spiro atoms. The first-order valence-corrected chi connectivity index (χ1v) is 9.76. The predicted molar refractivity (Wildman–Crippen MR) is 106 cm³/mol. The molecule has 0 aliphatic carbocycles. The summed E-state index contributed by atoms with van der Waals surface area (Å²) in [4.78, 5) is 26.1. The molecule has 0 unspecified atom stereocenters. The highest BCUT2D eigenvalue weighted by atomic mass is 16.8. The lowest BCUT2D eigenvalue weighted by Gasteiger charge is -2.47. The van der Waals surface area contributed by atoms with Crippen LogP contribution in [0, 0.1) is 0 Å². The van der Waals surface area contributed by atoms with Crippen LogP contribution >= 0.6 is 0 Å². The first-order chi connectivity index (χ1) is 15.0. The maximum Gasteiger partial charge on any atom is 0.304 e. The van der Waals surface area contributed by atoms with Gasteiger partial charge < -0.3 is 23.7 Å². The normalized spacial score (nSPS) is 30.0. The molecule has 0 saturated carbocycles. The van der Waals surface area contributed by atoms with E-state index in [0.717, 1.165) is 16.3 Å². The fourth-order valence-corrected chi connectivity index (χ4v) is 3.85. The fourth-order valence-electron chi connectivity index (χ4n) is 3.85. The molecule has 0 bridgehead atoms. The van der Waals surface area contributed by atoms with Gasteiger partial charge in [-0.3, -0.25) is 9.59 Å². The summed E-state index contributed by atoms with van der Waals surface area (Å²) in [7, 11) is 0. The Kier molecular flexibility index (Phi) is 6.06. The third-order valence-corrected chi connectivity index (χ3v) is 5.12. The number of carbonyl (C=O) groups excluding carboxylic acids is 2. The second-order valence-corrected chi connectivity index (χ2v) is 7.29. The van der Waals surface area contributed by atoms with Gasteiger partial charge in [0.15, 0.2) is 6.29 Å². The van der Waals surface area contributed by atoms with Crippen LogP contribution in [0.25, 0.3) is 21.2 Å². The maximum atomic E-state index is 11.8. The molecule has 0 radical (unpaired) electrons. The van der Waals surface area contributed by atoms with Gasteiger partial charge in [0.1, 0.15) is 24.4 Å². The van der Waals surface area contributed by atoms with E-state index in [9.17, 15) is 9.59 Å². The average molecular weight is 427 g/mol. The van der Waals surface area contributed by atoms with Gasteiger partial charge in [-0.15, -0.1) is 0 Å². The summed E-state index contributed by atoms with van der Waals surface area (Å²) < 4.78 is 28.3. The van der Waals surface area contributed by atoms with E-state index in [1.54, 1.807) is 0 Å². The van der Waals surface area contributed by atoms with Crippen molar-refractivity contribution in [3.63, 3.8) is 0 Å². The zero-order valence-corrected chi connectivity index (χ0v) is 16.9. The Morgan fingerprint density at radius 3 is 2.52 bits per heavy atom. The molecule has 2 aromatic carbocycles. The van der Waals surface area contributed by atoms with Crippen LogP contribution in [0.1, 0.15) is 25.7 Å². The Morgan fingerprint density at radius 1 is 1.06 bits per heavy atom. The molecule has 2 aromatic rings. The number of nitrogens with zero attached hydrogens (tertiary/aromatic N) is 3. The van der Waals surface area contributed by atoms with Crippen molar-refractivity contribution in [1.82, 2.24) is 0 Å². The van der Waals surface area contributed by atoms with Crippen molar-refractivity contribution >= 4 is 22.7 Å². The topological polar surface area (TPSA) is 129 Å². The van der Waals surface area contributed by atoms with Crippen molar-refractivity contribution in [3.8, 4) is 0 Å². The van der Waals surface area contributed by atoms with Gasteiger partial charge in [-0.1, -0.05) is 41.5 Å². The quantitative estimate of drug-likeness (QED) is 0.317. The van der Waals surface area contributed by atoms with Crippen LogP contribution in [0.15, 0.2) is 47.6 Å². The van der Waals surface area contributed by atoms with E-state index in [4.69, 9.17) is 29.2 Å². The average Bonchev–Trinajstić information content (AvgIpc) is 2.75. The molecule has 162 valence electrons. The largest absolute Gasteiger partial charge is 0.459 e. The number of hydrogen-bond donors (Lipinski definition) is 0. The van der Waals surface area contributed by atoms with E-state index in [1.165, 1.54) is 13.8 Å². The van der Waals surface area contributed by atoms with Crippen molar-refractivity contribution < 1.29 is 33.3 Å². The standard InChI is InChI=1S/C21H21N3O7/c1-11(25)28-19-17(23-24-22)21(29-12(2)26)30-16-10-27-20(31-18(16)19)15-8-7-13-5-3-4-6-14(13)9-15/h3-9,16-21H,10H2,1-2H3/t16-,17-,18-,19-,20-,21-/m1/s1. The molecule has 2 aliphatic heterocycles. The smallest absolute Gasteiger partial charge is 0.304 e. The molecule has 0 N–H and O–H groups in total. The number of rotatable bonds is 4. The lowest BCUT2D eigenvalue weighted by atomic mass is 9.95. The minimum atomic E-state index is -1.23. The number of benzene rings is 2. The van der Waals surface area contributed by atoms with Gasteiger partial charge >= 0.3 is 11.9 Å². The number of esters is 2. The first-order valence-electron chi connectivity index (χ1n) is 9.76. The van der Waals surface area contributed by atoms with E-state index in [1.807, 2.05) is 42.5 Å². The molecule has 2 heterocycles. The second-order valence-electron chi connectivity index (χ2n) is 7.29. The summed E-state index contributed by atoms with van der Waals surface area (Å²) in [6.07, 6.45) is -4.50. The first kappa shape index (κ1) is 21.1. The van der Waals surface area contributed by atoms with Gasteiger partial charge in [-0.25, -0.2) is 0 Å². The molecule has 2 aliphatic rings. The van der Waals surface area contributed by atoms with Gasteiger partial charge in [-0.05, 0) is 22.4 Å². The number of azide groups is 1. The molecule has 0 amide bonds. The van der Waals surface area contributed by atoms with E-state index in [-0.39, 0.29) is 6.61 Å². The van der Waals surface area contributed by atoms with E-state index in [0.29, 0.717) is 0 Å². The van der Waals surface area contributed by atoms with Crippen molar-refractivity contribution in [3.05, 3.63) is 58.5 Å². The van der Waals surface area contributed by atoms with Gasteiger partial charge in [0.25, 0.3) is 0 Å². The van der Waals surface area contributed by atoms with E-state index < -0.39 is 48.9 Å². The van der Waals surface area contributed by atoms with E-state index >= 15 is 0 Å². The van der Waals surface area contributed by atoms with Gasteiger partial charge in [0.2, 0.25) is 6.29 Å². The Bertz CT molecular complexity index is 1040. The lowest BCUT2D eigenvalue weighted by Crippen LogP contribution is -2.62. The second kappa shape index (κ2) is 8.91. The van der Waals surface area contributed by atoms with Crippen molar-refractivity contribution in [2.45, 2.75) is 50.8 Å².